The molecule has 0 N–H and O–H groups in total. The zero-order chi connectivity index (χ0) is 19.3. The van der Waals surface area contributed by atoms with Gasteiger partial charge in [0.2, 0.25) is 0 Å². The van der Waals surface area contributed by atoms with Crippen LogP contribution in [-0.2, 0) is 19.5 Å². The molecule has 5 nitrogen and oxygen atoms in total. The normalized spacial score (nSPS) is 17.0. The number of aryl methyl sites for hydroxylation is 2. The average molecular weight is 374 g/mol. The summed E-state index contributed by atoms with van der Waals surface area (Å²) in [5, 5.41) is 0. The molecule has 0 spiro atoms. The quantitative estimate of drug-likeness (QED) is 0.693. The SMILES string of the molecule is Cc1cccnc1-n1c(C)cc(CN2CCc3nc(C4CC4)ncc3C2)c1C. The van der Waals surface area contributed by atoms with Crippen molar-refractivity contribution in [1.29, 1.82) is 0 Å². The summed E-state index contributed by atoms with van der Waals surface area (Å²) in [7, 11) is 0. The molecule has 3 aromatic heterocycles. The third kappa shape index (κ3) is 3.14. The van der Waals surface area contributed by atoms with Crippen LogP contribution in [0.5, 0.6) is 0 Å². The summed E-state index contributed by atoms with van der Waals surface area (Å²) >= 11 is 0. The zero-order valence-electron chi connectivity index (χ0n) is 16.9. The average Bonchev–Trinajstić information content (AvgIpc) is 3.50. The second kappa shape index (κ2) is 6.82. The van der Waals surface area contributed by atoms with E-state index in [1.54, 1.807) is 0 Å². The summed E-state index contributed by atoms with van der Waals surface area (Å²) in [6.45, 7) is 9.45. The molecule has 5 heteroatoms. The van der Waals surface area contributed by atoms with Gasteiger partial charge in [-0.05, 0) is 56.9 Å². The number of nitrogens with zero attached hydrogens (tertiary/aromatic N) is 5. The van der Waals surface area contributed by atoms with Crippen LogP contribution >= 0.6 is 0 Å². The zero-order valence-corrected chi connectivity index (χ0v) is 16.9. The topological polar surface area (TPSA) is 46.8 Å². The Labute approximate surface area is 166 Å². The molecule has 0 amide bonds. The van der Waals surface area contributed by atoms with Gasteiger partial charge < -0.3 is 4.57 Å². The van der Waals surface area contributed by atoms with Gasteiger partial charge in [0.1, 0.15) is 11.6 Å². The molecule has 1 aliphatic heterocycles. The molecule has 1 aliphatic carbocycles. The van der Waals surface area contributed by atoms with Gasteiger partial charge in [0.15, 0.2) is 0 Å². The lowest BCUT2D eigenvalue weighted by Gasteiger charge is -2.28. The smallest absolute Gasteiger partial charge is 0.139 e. The van der Waals surface area contributed by atoms with Crippen molar-refractivity contribution >= 4 is 0 Å². The third-order valence-electron chi connectivity index (χ3n) is 6.10. The first-order valence-corrected chi connectivity index (χ1v) is 10.3. The van der Waals surface area contributed by atoms with Crippen LogP contribution in [0.4, 0.5) is 0 Å². The molecular formula is C23H27N5. The standard InChI is InChI=1S/C23H27N5/c1-15-5-4-9-24-23(15)28-16(2)11-19(17(28)3)13-27-10-8-21-20(14-27)12-25-22(26-21)18-6-7-18/h4-5,9,11-12,18H,6-8,10,13-14H2,1-3H3. The molecule has 1 saturated carbocycles. The summed E-state index contributed by atoms with van der Waals surface area (Å²) in [5.74, 6) is 2.74. The molecule has 0 radical (unpaired) electrons. The van der Waals surface area contributed by atoms with Crippen molar-refractivity contribution in [2.24, 2.45) is 0 Å². The predicted octanol–water partition coefficient (Wildman–Crippen LogP) is 4.02. The Kier molecular flexibility index (Phi) is 4.27. The lowest BCUT2D eigenvalue weighted by Crippen LogP contribution is -2.31. The monoisotopic (exact) mass is 373 g/mol. The van der Waals surface area contributed by atoms with Crippen LogP contribution < -0.4 is 0 Å². The Morgan fingerprint density at radius 1 is 1.14 bits per heavy atom. The van der Waals surface area contributed by atoms with E-state index in [1.807, 2.05) is 12.3 Å². The van der Waals surface area contributed by atoms with Gasteiger partial charge in [-0.25, -0.2) is 15.0 Å². The van der Waals surface area contributed by atoms with Crippen LogP contribution in [0.1, 0.15) is 58.4 Å². The third-order valence-corrected chi connectivity index (χ3v) is 6.10. The van der Waals surface area contributed by atoms with E-state index in [9.17, 15) is 0 Å². The van der Waals surface area contributed by atoms with E-state index >= 15 is 0 Å². The van der Waals surface area contributed by atoms with Crippen molar-refractivity contribution in [3.63, 3.8) is 0 Å². The summed E-state index contributed by atoms with van der Waals surface area (Å²) in [6, 6.07) is 6.43. The van der Waals surface area contributed by atoms with Gasteiger partial charge in [0, 0.05) is 67.0 Å². The number of pyridine rings is 1. The van der Waals surface area contributed by atoms with Gasteiger partial charge >= 0.3 is 0 Å². The molecule has 0 atom stereocenters. The molecular weight excluding hydrogens is 346 g/mol. The molecule has 1 fully saturated rings. The van der Waals surface area contributed by atoms with E-state index in [0.29, 0.717) is 5.92 Å². The summed E-state index contributed by atoms with van der Waals surface area (Å²) in [4.78, 5) is 16.6. The first kappa shape index (κ1) is 17.6. The number of aromatic nitrogens is 4. The lowest BCUT2D eigenvalue weighted by atomic mass is 10.1. The number of rotatable bonds is 4. The molecule has 3 aromatic rings. The number of fused-ring (bicyclic) bond motifs is 1. The molecule has 0 saturated heterocycles. The highest BCUT2D eigenvalue weighted by atomic mass is 15.1. The van der Waals surface area contributed by atoms with E-state index in [1.165, 1.54) is 46.6 Å². The van der Waals surface area contributed by atoms with Crippen molar-refractivity contribution in [3.05, 3.63) is 70.2 Å². The highest BCUT2D eigenvalue weighted by Crippen LogP contribution is 2.38. The minimum absolute atomic E-state index is 0.628. The molecule has 5 rings (SSSR count). The Morgan fingerprint density at radius 3 is 2.79 bits per heavy atom. The van der Waals surface area contributed by atoms with Crippen LogP contribution in [-0.4, -0.2) is 31.0 Å². The van der Waals surface area contributed by atoms with E-state index in [4.69, 9.17) is 4.98 Å². The fourth-order valence-electron chi connectivity index (χ4n) is 4.33. The highest BCUT2D eigenvalue weighted by Gasteiger charge is 2.28. The van der Waals surface area contributed by atoms with E-state index in [0.717, 1.165) is 37.7 Å². The Balaban J connectivity index is 1.37. The molecule has 0 aromatic carbocycles. The molecule has 2 aliphatic rings. The summed E-state index contributed by atoms with van der Waals surface area (Å²) in [6.07, 6.45) is 7.49. The number of hydrogen-bond acceptors (Lipinski definition) is 4. The van der Waals surface area contributed by atoms with Gasteiger partial charge in [0.05, 0.1) is 0 Å². The van der Waals surface area contributed by atoms with Gasteiger partial charge in [-0.2, -0.15) is 0 Å². The van der Waals surface area contributed by atoms with Crippen LogP contribution in [0.25, 0.3) is 5.82 Å². The largest absolute Gasteiger partial charge is 0.303 e. The van der Waals surface area contributed by atoms with Crippen molar-refractivity contribution in [2.45, 2.75) is 59.0 Å². The first-order valence-electron chi connectivity index (χ1n) is 10.3. The minimum Gasteiger partial charge on any atom is -0.303 e. The molecule has 0 bridgehead atoms. The summed E-state index contributed by atoms with van der Waals surface area (Å²) in [5.41, 5.74) is 7.66. The van der Waals surface area contributed by atoms with Crippen LogP contribution in [0.2, 0.25) is 0 Å². The second-order valence-corrected chi connectivity index (χ2v) is 8.31. The second-order valence-electron chi connectivity index (χ2n) is 8.31. The lowest BCUT2D eigenvalue weighted by molar-refractivity contribution is 0.242. The van der Waals surface area contributed by atoms with Gasteiger partial charge in [-0.15, -0.1) is 0 Å². The maximum atomic E-state index is 4.85. The molecule has 0 unspecified atom stereocenters. The first-order chi connectivity index (χ1) is 13.6. The Bertz CT molecular complexity index is 1030. The molecule has 28 heavy (non-hydrogen) atoms. The predicted molar refractivity (Wildman–Crippen MR) is 110 cm³/mol. The van der Waals surface area contributed by atoms with Gasteiger partial charge in [-0.3, -0.25) is 4.90 Å². The van der Waals surface area contributed by atoms with Crippen molar-refractivity contribution in [2.75, 3.05) is 6.54 Å². The van der Waals surface area contributed by atoms with Crippen LogP contribution in [0.15, 0.2) is 30.6 Å². The number of hydrogen-bond donors (Lipinski definition) is 0. The fourth-order valence-corrected chi connectivity index (χ4v) is 4.33. The van der Waals surface area contributed by atoms with Crippen LogP contribution in [0, 0.1) is 20.8 Å². The maximum absolute atomic E-state index is 4.85. The Morgan fingerprint density at radius 2 is 2.00 bits per heavy atom. The van der Waals surface area contributed by atoms with Gasteiger partial charge in [0.25, 0.3) is 0 Å². The van der Waals surface area contributed by atoms with Gasteiger partial charge in [-0.1, -0.05) is 6.07 Å². The Hall–Kier alpha value is -2.53. The van der Waals surface area contributed by atoms with Crippen molar-refractivity contribution in [3.8, 4) is 5.82 Å². The van der Waals surface area contributed by atoms with E-state index in [-0.39, 0.29) is 0 Å². The molecule has 144 valence electrons. The van der Waals surface area contributed by atoms with E-state index in [2.05, 4.69) is 58.5 Å². The molecule has 4 heterocycles. The van der Waals surface area contributed by atoms with Crippen LogP contribution in [0.3, 0.4) is 0 Å². The fraction of sp³-hybridized carbons (Fsp3) is 0.435. The maximum Gasteiger partial charge on any atom is 0.139 e. The highest BCUT2D eigenvalue weighted by molar-refractivity contribution is 5.41. The summed E-state index contributed by atoms with van der Waals surface area (Å²) < 4.78 is 2.29. The minimum atomic E-state index is 0.628. The van der Waals surface area contributed by atoms with Crippen molar-refractivity contribution in [1.82, 2.24) is 24.4 Å². The van der Waals surface area contributed by atoms with E-state index < -0.39 is 0 Å². The van der Waals surface area contributed by atoms with Crippen molar-refractivity contribution < 1.29 is 0 Å².